The molecule has 1 nitrogen and oxygen atoms in total. The Bertz CT molecular complexity index is 356. The maximum Gasteiger partial charge on any atom is 0.416 e. The van der Waals surface area contributed by atoms with Crippen molar-refractivity contribution in [3.8, 4) is 0 Å². The highest BCUT2D eigenvalue weighted by Crippen LogP contribution is 2.31. The summed E-state index contributed by atoms with van der Waals surface area (Å²) in [4.78, 5) is 0. The summed E-state index contributed by atoms with van der Waals surface area (Å²) in [7, 11) is 0. The molecule has 0 aliphatic heterocycles. The van der Waals surface area contributed by atoms with Gasteiger partial charge in [-0.2, -0.15) is 13.2 Å². The van der Waals surface area contributed by atoms with Gasteiger partial charge in [0.1, 0.15) is 0 Å². The molecule has 1 aromatic rings. The summed E-state index contributed by atoms with van der Waals surface area (Å²) in [6.45, 7) is 4.11. The zero-order valence-corrected chi connectivity index (χ0v) is 10.7. The van der Waals surface area contributed by atoms with Crippen molar-refractivity contribution in [3.05, 3.63) is 35.4 Å². The fourth-order valence-corrected chi connectivity index (χ4v) is 2.02. The molecule has 1 rings (SSSR count). The molecule has 2 unspecified atom stereocenters. The van der Waals surface area contributed by atoms with Crippen molar-refractivity contribution in [1.82, 2.24) is 0 Å². The van der Waals surface area contributed by atoms with Crippen LogP contribution < -0.4 is 0 Å². The number of alkyl halides is 3. The van der Waals surface area contributed by atoms with E-state index in [9.17, 15) is 18.3 Å². The fraction of sp³-hybridized carbons (Fsp3) is 0.571. The summed E-state index contributed by atoms with van der Waals surface area (Å²) in [5.74, 6) is 0.368. The van der Waals surface area contributed by atoms with E-state index in [1.807, 2.05) is 6.92 Å². The normalized spacial score (nSPS) is 15.4. The molecule has 0 spiro atoms. The molecule has 0 amide bonds. The first-order chi connectivity index (χ1) is 8.34. The Balaban J connectivity index is 2.67. The topological polar surface area (TPSA) is 20.2 Å². The average Bonchev–Trinajstić information content (AvgIpc) is 2.28. The van der Waals surface area contributed by atoms with Crippen LogP contribution in [0.15, 0.2) is 24.3 Å². The van der Waals surface area contributed by atoms with Crippen molar-refractivity contribution in [2.24, 2.45) is 5.92 Å². The second-order valence-corrected chi connectivity index (χ2v) is 4.77. The number of aliphatic hydroxyl groups is 1. The van der Waals surface area contributed by atoms with Crippen LogP contribution in [0.5, 0.6) is 0 Å². The first kappa shape index (κ1) is 15.0. The molecule has 4 heteroatoms. The zero-order valence-electron chi connectivity index (χ0n) is 10.7. The van der Waals surface area contributed by atoms with E-state index in [1.165, 1.54) is 12.1 Å². The lowest BCUT2D eigenvalue weighted by Crippen LogP contribution is -2.07. The molecule has 0 aliphatic carbocycles. The summed E-state index contributed by atoms with van der Waals surface area (Å²) >= 11 is 0. The van der Waals surface area contributed by atoms with Gasteiger partial charge >= 0.3 is 6.18 Å². The minimum atomic E-state index is -4.32. The molecule has 0 heterocycles. The molecule has 1 N–H and O–H groups in total. The summed E-state index contributed by atoms with van der Waals surface area (Å²) in [5, 5.41) is 9.93. The van der Waals surface area contributed by atoms with E-state index in [-0.39, 0.29) is 0 Å². The zero-order chi connectivity index (χ0) is 13.8. The van der Waals surface area contributed by atoms with Crippen molar-refractivity contribution in [2.45, 2.75) is 45.4 Å². The highest BCUT2D eigenvalue weighted by molar-refractivity contribution is 5.26. The number of hydrogen-bond donors (Lipinski definition) is 1. The molecule has 0 radical (unpaired) electrons. The Hall–Kier alpha value is -1.03. The fourth-order valence-electron chi connectivity index (χ4n) is 2.02. The first-order valence-corrected chi connectivity index (χ1v) is 6.19. The smallest absolute Gasteiger partial charge is 0.388 e. The predicted molar refractivity (Wildman–Crippen MR) is 65.1 cm³/mol. The second kappa shape index (κ2) is 6.23. The van der Waals surface area contributed by atoms with Crippen LogP contribution >= 0.6 is 0 Å². The number of aliphatic hydroxyl groups excluding tert-OH is 1. The molecule has 0 saturated heterocycles. The quantitative estimate of drug-likeness (QED) is 0.822. The maximum absolute atomic E-state index is 12.4. The van der Waals surface area contributed by atoms with Gasteiger partial charge in [0.15, 0.2) is 0 Å². The predicted octanol–water partition coefficient (Wildman–Crippen LogP) is 4.57. The van der Waals surface area contributed by atoms with Crippen LogP contribution in [0.3, 0.4) is 0 Å². The van der Waals surface area contributed by atoms with Crippen LogP contribution in [0.2, 0.25) is 0 Å². The summed E-state index contributed by atoms with van der Waals surface area (Å²) in [6, 6.07) is 4.74. The van der Waals surface area contributed by atoms with Crippen molar-refractivity contribution < 1.29 is 18.3 Å². The largest absolute Gasteiger partial charge is 0.416 e. The van der Waals surface area contributed by atoms with Gasteiger partial charge in [-0.05, 0) is 30.0 Å². The van der Waals surface area contributed by atoms with Crippen molar-refractivity contribution in [1.29, 1.82) is 0 Å². The molecule has 0 aromatic heterocycles. The summed E-state index contributed by atoms with van der Waals surface area (Å²) < 4.78 is 37.1. The standard InChI is InChI=1S/C14H19F3O/c1-3-4-10(2)9-13(18)11-5-7-12(8-6-11)14(15,16)17/h5-8,10,13,18H,3-4,9H2,1-2H3. The van der Waals surface area contributed by atoms with E-state index in [0.717, 1.165) is 25.0 Å². The molecule has 0 saturated carbocycles. The van der Waals surface area contributed by atoms with E-state index in [2.05, 4.69) is 6.92 Å². The van der Waals surface area contributed by atoms with Crippen molar-refractivity contribution in [2.75, 3.05) is 0 Å². The van der Waals surface area contributed by atoms with Gasteiger partial charge in [0.05, 0.1) is 11.7 Å². The summed E-state index contributed by atoms with van der Waals surface area (Å²) in [6.07, 6.45) is -2.37. The molecule has 0 fully saturated rings. The third-order valence-electron chi connectivity index (χ3n) is 3.03. The third-order valence-corrected chi connectivity index (χ3v) is 3.03. The third kappa shape index (κ3) is 4.33. The van der Waals surface area contributed by atoms with Gasteiger partial charge < -0.3 is 5.11 Å². The highest BCUT2D eigenvalue weighted by Gasteiger charge is 2.30. The number of hydrogen-bond acceptors (Lipinski definition) is 1. The monoisotopic (exact) mass is 260 g/mol. The van der Waals surface area contributed by atoms with Crippen LogP contribution in [-0.4, -0.2) is 5.11 Å². The van der Waals surface area contributed by atoms with Gasteiger partial charge in [-0.25, -0.2) is 0 Å². The van der Waals surface area contributed by atoms with E-state index >= 15 is 0 Å². The van der Waals surface area contributed by atoms with Gasteiger partial charge in [0, 0.05) is 0 Å². The van der Waals surface area contributed by atoms with Gasteiger partial charge in [0.25, 0.3) is 0 Å². The van der Waals surface area contributed by atoms with Crippen LogP contribution in [0.25, 0.3) is 0 Å². The molecular weight excluding hydrogens is 241 g/mol. The molecule has 1 aromatic carbocycles. The Kier molecular flexibility index (Phi) is 5.20. The van der Waals surface area contributed by atoms with Gasteiger partial charge in [0.2, 0.25) is 0 Å². The first-order valence-electron chi connectivity index (χ1n) is 6.19. The number of benzene rings is 1. The Morgan fingerprint density at radius 2 is 1.72 bits per heavy atom. The highest BCUT2D eigenvalue weighted by atomic mass is 19.4. The lowest BCUT2D eigenvalue weighted by molar-refractivity contribution is -0.137. The van der Waals surface area contributed by atoms with Crippen LogP contribution in [-0.2, 0) is 6.18 Å². The molecule has 0 bridgehead atoms. The van der Waals surface area contributed by atoms with Crippen LogP contribution in [0.1, 0.15) is 50.3 Å². The summed E-state index contributed by atoms with van der Waals surface area (Å²) in [5.41, 5.74) is -0.133. The van der Waals surface area contributed by atoms with Crippen LogP contribution in [0.4, 0.5) is 13.2 Å². The second-order valence-electron chi connectivity index (χ2n) is 4.77. The molecule has 18 heavy (non-hydrogen) atoms. The lowest BCUT2D eigenvalue weighted by atomic mass is 9.94. The average molecular weight is 260 g/mol. The lowest BCUT2D eigenvalue weighted by Gasteiger charge is -2.16. The molecular formula is C14H19F3O. The minimum Gasteiger partial charge on any atom is -0.388 e. The van der Waals surface area contributed by atoms with E-state index in [0.29, 0.717) is 17.9 Å². The van der Waals surface area contributed by atoms with E-state index in [1.54, 1.807) is 0 Å². The Labute approximate surface area is 106 Å². The van der Waals surface area contributed by atoms with Gasteiger partial charge in [-0.3, -0.25) is 0 Å². The maximum atomic E-state index is 12.4. The van der Waals surface area contributed by atoms with Gasteiger partial charge in [-0.15, -0.1) is 0 Å². The Morgan fingerprint density at radius 3 is 2.17 bits per heavy atom. The molecule has 2 atom stereocenters. The SMILES string of the molecule is CCCC(C)CC(O)c1ccc(C(F)(F)F)cc1. The van der Waals surface area contributed by atoms with E-state index in [4.69, 9.17) is 0 Å². The van der Waals surface area contributed by atoms with Crippen molar-refractivity contribution >= 4 is 0 Å². The Morgan fingerprint density at radius 1 is 1.17 bits per heavy atom. The minimum absolute atomic E-state index is 0.368. The van der Waals surface area contributed by atoms with E-state index < -0.39 is 17.8 Å². The molecule has 0 aliphatic rings. The number of halogens is 3. The van der Waals surface area contributed by atoms with Gasteiger partial charge in [-0.1, -0.05) is 38.8 Å². The molecule has 102 valence electrons. The van der Waals surface area contributed by atoms with Crippen LogP contribution in [0, 0.1) is 5.92 Å². The van der Waals surface area contributed by atoms with Crippen molar-refractivity contribution in [3.63, 3.8) is 0 Å². The number of rotatable bonds is 5.